The number of unbranched alkanes of at least 4 members (excludes halogenated alkanes) is 1. The molecule has 0 aliphatic carbocycles. The van der Waals surface area contributed by atoms with Gasteiger partial charge in [0.25, 0.3) is 0 Å². The van der Waals surface area contributed by atoms with Gasteiger partial charge in [-0.05, 0) is 30.5 Å². The molecule has 0 saturated carbocycles. The van der Waals surface area contributed by atoms with Crippen LogP contribution >= 0.6 is 11.3 Å². The molecule has 2 N–H and O–H groups in total. The lowest BCUT2D eigenvalue weighted by Gasteiger charge is -2.15. The number of nitrogens with zero attached hydrogens (tertiary/aromatic N) is 1. The van der Waals surface area contributed by atoms with Crippen molar-refractivity contribution < 1.29 is 9.47 Å². The van der Waals surface area contributed by atoms with Crippen LogP contribution in [0.2, 0.25) is 0 Å². The Bertz CT molecular complexity index is 558. The lowest BCUT2D eigenvalue weighted by atomic mass is 9.99. The molecule has 2 rings (SSSR count). The zero-order chi connectivity index (χ0) is 15.8. The maximum absolute atomic E-state index is 5.90. The van der Waals surface area contributed by atoms with Gasteiger partial charge in [-0.1, -0.05) is 19.4 Å². The third-order valence-electron chi connectivity index (χ3n) is 3.55. The Morgan fingerprint density at radius 2 is 2.18 bits per heavy atom. The van der Waals surface area contributed by atoms with E-state index in [1.165, 1.54) is 5.56 Å². The van der Waals surface area contributed by atoms with Crippen LogP contribution in [0.4, 0.5) is 0 Å². The molecule has 0 aliphatic heterocycles. The summed E-state index contributed by atoms with van der Waals surface area (Å²) < 4.78 is 11.2. The number of hydrogen-bond acceptors (Lipinski definition) is 5. The molecule has 1 heterocycles. The van der Waals surface area contributed by atoms with Crippen molar-refractivity contribution in [3.05, 3.63) is 40.3 Å². The van der Waals surface area contributed by atoms with Gasteiger partial charge >= 0.3 is 0 Å². The van der Waals surface area contributed by atoms with E-state index in [0.29, 0.717) is 6.54 Å². The summed E-state index contributed by atoms with van der Waals surface area (Å²) in [6.07, 6.45) is 4.85. The fourth-order valence-corrected chi connectivity index (χ4v) is 3.03. The van der Waals surface area contributed by atoms with Crippen molar-refractivity contribution >= 4 is 11.3 Å². The first-order chi connectivity index (χ1) is 10.8. The molecule has 0 aliphatic rings. The maximum atomic E-state index is 5.90. The van der Waals surface area contributed by atoms with Crippen LogP contribution in [0.5, 0.6) is 11.5 Å². The van der Waals surface area contributed by atoms with E-state index in [2.05, 4.69) is 18.0 Å². The van der Waals surface area contributed by atoms with Gasteiger partial charge in [0.15, 0.2) is 11.5 Å². The van der Waals surface area contributed by atoms with Crippen LogP contribution in [-0.4, -0.2) is 25.2 Å². The first-order valence-corrected chi connectivity index (χ1v) is 8.55. The molecular formula is C17H24N2O2S. The van der Waals surface area contributed by atoms with E-state index in [0.717, 1.165) is 42.4 Å². The van der Waals surface area contributed by atoms with Crippen LogP contribution in [0.15, 0.2) is 29.8 Å². The Balaban J connectivity index is 2.08. The van der Waals surface area contributed by atoms with E-state index in [-0.39, 0.29) is 5.92 Å². The van der Waals surface area contributed by atoms with E-state index < -0.39 is 0 Å². The zero-order valence-electron chi connectivity index (χ0n) is 13.2. The summed E-state index contributed by atoms with van der Waals surface area (Å²) in [5.74, 6) is 1.83. The summed E-state index contributed by atoms with van der Waals surface area (Å²) in [6, 6.07) is 6.11. The van der Waals surface area contributed by atoms with Gasteiger partial charge in [-0.15, -0.1) is 11.3 Å². The van der Waals surface area contributed by atoms with Crippen LogP contribution in [0.25, 0.3) is 0 Å². The molecule has 0 saturated heterocycles. The quantitative estimate of drug-likeness (QED) is 0.717. The van der Waals surface area contributed by atoms with Gasteiger partial charge in [-0.2, -0.15) is 0 Å². The Hall–Kier alpha value is -1.59. The van der Waals surface area contributed by atoms with Gasteiger partial charge in [0.2, 0.25) is 0 Å². The number of thiazole rings is 1. The third kappa shape index (κ3) is 4.45. The highest BCUT2D eigenvalue weighted by atomic mass is 32.1. The van der Waals surface area contributed by atoms with Crippen molar-refractivity contribution in [2.45, 2.75) is 32.1 Å². The highest BCUT2D eigenvalue weighted by Gasteiger charge is 2.15. The lowest BCUT2D eigenvalue weighted by molar-refractivity contribution is 0.288. The Morgan fingerprint density at radius 1 is 1.32 bits per heavy atom. The molecular weight excluding hydrogens is 296 g/mol. The molecule has 1 atom stereocenters. The van der Waals surface area contributed by atoms with Gasteiger partial charge in [0, 0.05) is 24.0 Å². The van der Waals surface area contributed by atoms with E-state index in [1.54, 1.807) is 18.4 Å². The molecule has 2 aromatic rings. The summed E-state index contributed by atoms with van der Waals surface area (Å²) in [6.45, 7) is 3.45. The first-order valence-electron chi connectivity index (χ1n) is 7.67. The summed E-state index contributed by atoms with van der Waals surface area (Å²) in [5.41, 5.74) is 7.09. The van der Waals surface area contributed by atoms with Gasteiger partial charge in [-0.25, -0.2) is 4.98 Å². The number of aromatic nitrogens is 1. The molecule has 1 aromatic heterocycles. The average Bonchev–Trinajstić information content (AvgIpc) is 3.08. The van der Waals surface area contributed by atoms with Crippen molar-refractivity contribution in [2.75, 3.05) is 20.3 Å². The molecule has 1 unspecified atom stereocenters. The van der Waals surface area contributed by atoms with Crippen LogP contribution in [0.3, 0.4) is 0 Å². The van der Waals surface area contributed by atoms with Gasteiger partial charge in [0.1, 0.15) is 0 Å². The van der Waals surface area contributed by atoms with Crippen molar-refractivity contribution in [1.29, 1.82) is 0 Å². The monoisotopic (exact) mass is 320 g/mol. The summed E-state index contributed by atoms with van der Waals surface area (Å²) >= 11 is 1.65. The van der Waals surface area contributed by atoms with Crippen LogP contribution < -0.4 is 15.2 Å². The average molecular weight is 320 g/mol. The number of rotatable bonds is 9. The van der Waals surface area contributed by atoms with Crippen molar-refractivity contribution in [2.24, 2.45) is 5.73 Å². The second kappa shape index (κ2) is 8.76. The van der Waals surface area contributed by atoms with Crippen LogP contribution in [-0.2, 0) is 6.42 Å². The fourth-order valence-electron chi connectivity index (χ4n) is 2.28. The Kier molecular flexibility index (Phi) is 6.68. The van der Waals surface area contributed by atoms with Crippen LogP contribution in [0, 0.1) is 0 Å². The predicted molar refractivity (Wildman–Crippen MR) is 91.0 cm³/mol. The molecule has 0 bridgehead atoms. The molecule has 0 radical (unpaired) electrons. The minimum absolute atomic E-state index is 0.247. The van der Waals surface area contributed by atoms with E-state index in [1.807, 2.05) is 23.7 Å². The number of hydrogen-bond donors (Lipinski definition) is 1. The van der Waals surface area contributed by atoms with E-state index in [9.17, 15) is 0 Å². The van der Waals surface area contributed by atoms with Crippen molar-refractivity contribution in [1.82, 2.24) is 4.98 Å². The molecule has 22 heavy (non-hydrogen) atoms. The fraction of sp³-hybridized carbons (Fsp3) is 0.471. The van der Waals surface area contributed by atoms with Crippen LogP contribution in [0.1, 0.15) is 36.3 Å². The predicted octanol–water partition coefficient (Wildman–Crippen LogP) is 3.62. The molecule has 0 amide bonds. The van der Waals surface area contributed by atoms with E-state index in [4.69, 9.17) is 15.2 Å². The molecule has 5 heteroatoms. The lowest BCUT2D eigenvalue weighted by Crippen LogP contribution is -2.15. The smallest absolute Gasteiger partial charge is 0.161 e. The highest BCUT2D eigenvalue weighted by molar-refractivity contribution is 7.09. The minimum Gasteiger partial charge on any atom is -0.493 e. The van der Waals surface area contributed by atoms with Gasteiger partial charge in [0.05, 0.1) is 18.7 Å². The first kappa shape index (κ1) is 16.8. The third-order valence-corrected chi connectivity index (χ3v) is 4.49. The van der Waals surface area contributed by atoms with E-state index >= 15 is 0 Å². The second-order valence-corrected chi connectivity index (χ2v) is 6.12. The summed E-state index contributed by atoms with van der Waals surface area (Å²) in [4.78, 5) is 4.38. The SMILES string of the molecule is CCCCOc1ccc(CC(CN)c2nccs2)cc1OC. The number of benzene rings is 1. The summed E-state index contributed by atoms with van der Waals surface area (Å²) in [5, 5.41) is 3.08. The largest absolute Gasteiger partial charge is 0.493 e. The topological polar surface area (TPSA) is 57.4 Å². The number of methoxy groups -OCH3 is 1. The normalized spacial score (nSPS) is 12.1. The zero-order valence-corrected chi connectivity index (χ0v) is 14.1. The summed E-state index contributed by atoms with van der Waals surface area (Å²) in [7, 11) is 1.67. The maximum Gasteiger partial charge on any atom is 0.161 e. The van der Waals surface area contributed by atoms with Gasteiger partial charge < -0.3 is 15.2 Å². The highest BCUT2D eigenvalue weighted by Crippen LogP contribution is 2.30. The van der Waals surface area contributed by atoms with Crippen molar-refractivity contribution in [3.8, 4) is 11.5 Å². The molecule has 120 valence electrons. The second-order valence-electron chi connectivity index (χ2n) is 5.19. The Morgan fingerprint density at radius 3 is 2.82 bits per heavy atom. The van der Waals surface area contributed by atoms with Crippen molar-refractivity contribution in [3.63, 3.8) is 0 Å². The molecule has 0 spiro atoms. The molecule has 4 nitrogen and oxygen atoms in total. The molecule has 0 fully saturated rings. The standard InChI is InChI=1S/C17H24N2O2S/c1-3-4-8-21-15-6-5-13(11-16(15)20-2)10-14(12-18)17-19-7-9-22-17/h5-7,9,11,14H,3-4,8,10,12,18H2,1-2H3. The number of nitrogens with two attached hydrogens (primary N) is 1. The molecule has 1 aromatic carbocycles. The Labute approximate surface area is 136 Å². The minimum atomic E-state index is 0.247. The van der Waals surface area contributed by atoms with Gasteiger partial charge in [-0.3, -0.25) is 0 Å². The number of ether oxygens (including phenoxy) is 2.